The molecule has 15 heteroatoms. The zero-order valence-electron chi connectivity index (χ0n) is 23.9. The molecule has 10 nitrogen and oxygen atoms in total. The van der Waals surface area contributed by atoms with Crippen molar-refractivity contribution in [1.29, 1.82) is 0 Å². The maximum Gasteiger partial charge on any atom is 0.419 e. The molecule has 3 saturated heterocycles. The summed E-state index contributed by atoms with van der Waals surface area (Å²) in [5, 5.41) is 11.7. The number of alkyl halides is 3. The van der Waals surface area contributed by atoms with Crippen molar-refractivity contribution in [1.82, 2.24) is 14.2 Å². The van der Waals surface area contributed by atoms with Crippen LogP contribution in [0.2, 0.25) is 0 Å². The lowest BCUT2D eigenvalue weighted by atomic mass is 9.89. The topological polar surface area (TPSA) is 105 Å². The van der Waals surface area contributed by atoms with Crippen molar-refractivity contribution in [2.24, 2.45) is 0 Å². The Labute approximate surface area is 255 Å². The van der Waals surface area contributed by atoms with Crippen LogP contribution in [0, 0.1) is 15.9 Å². The van der Waals surface area contributed by atoms with Crippen LogP contribution < -0.4 is 4.74 Å². The number of ether oxygens (including phenoxy) is 1. The fraction of sp³-hybridized carbons (Fsp3) is 0.367. The highest BCUT2D eigenvalue weighted by molar-refractivity contribution is 7.54. The van der Waals surface area contributed by atoms with E-state index in [0.717, 1.165) is 23.8 Å². The number of amides is 1. The predicted octanol–water partition coefficient (Wildman–Crippen LogP) is 6.91. The monoisotopic (exact) mass is 648 g/mol. The van der Waals surface area contributed by atoms with Crippen LogP contribution in [0.25, 0.3) is 0 Å². The molecule has 1 atom stereocenters. The molecule has 0 aromatic heterocycles. The minimum atomic E-state index is -4.97. The highest BCUT2D eigenvalue weighted by Gasteiger charge is 2.55. The van der Waals surface area contributed by atoms with E-state index in [-0.39, 0.29) is 23.4 Å². The summed E-state index contributed by atoms with van der Waals surface area (Å²) in [7, 11) is -3.90. The van der Waals surface area contributed by atoms with Gasteiger partial charge in [0.15, 0.2) is 6.10 Å². The van der Waals surface area contributed by atoms with Crippen LogP contribution in [-0.4, -0.2) is 70.5 Å². The minimum Gasteiger partial charge on any atom is -0.450 e. The van der Waals surface area contributed by atoms with Gasteiger partial charge in [-0.1, -0.05) is 12.1 Å². The highest BCUT2D eigenvalue weighted by Crippen LogP contribution is 2.64. The normalized spacial score (nSPS) is 18.4. The average Bonchev–Trinajstić information content (AvgIpc) is 3.93. The average molecular weight is 649 g/mol. The molecule has 1 amide bonds. The summed E-state index contributed by atoms with van der Waals surface area (Å²) in [4.78, 5) is 25.8. The lowest BCUT2D eigenvalue weighted by molar-refractivity contribution is -0.385. The van der Waals surface area contributed by atoms with Gasteiger partial charge in [-0.2, -0.15) is 13.2 Å². The first kappa shape index (κ1) is 31.2. The Morgan fingerprint density at radius 3 is 2.04 bits per heavy atom. The van der Waals surface area contributed by atoms with Crippen LogP contribution in [0.1, 0.15) is 46.3 Å². The number of nitro groups is 1. The van der Waals surface area contributed by atoms with Crippen molar-refractivity contribution in [2.75, 3.05) is 39.3 Å². The van der Waals surface area contributed by atoms with Gasteiger partial charge in [-0.15, -0.1) is 0 Å². The fourth-order valence-electron chi connectivity index (χ4n) is 5.41. The summed E-state index contributed by atoms with van der Waals surface area (Å²) in [5.74, 6) is -0.722. The molecule has 0 radical (unpaired) electrons. The summed E-state index contributed by atoms with van der Waals surface area (Å²) < 4.78 is 82.9. The van der Waals surface area contributed by atoms with Crippen LogP contribution in [0.3, 0.4) is 0 Å². The quantitative estimate of drug-likeness (QED) is 0.0769. The number of nitro benzene ring substituents is 1. The molecule has 6 rings (SSSR count). The molecular weight excluding hydrogens is 619 g/mol. The third-order valence-electron chi connectivity index (χ3n) is 8.04. The maximum atomic E-state index is 14.2. The molecule has 0 spiro atoms. The Morgan fingerprint density at radius 1 is 0.911 bits per heavy atom. The molecule has 238 valence electrons. The van der Waals surface area contributed by atoms with Gasteiger partial charge >= 0.3 is 19.5 Å². The minimum absolute atomic E-state index is 0.0603. The maximum absolute atomic E-state index is 14.2. The second-order valence-corrected chi connectivity index (χ2v) is 13.5. The van der Waals surface area contributed by atoms with Gasteiger partial charge in [-0.05, 0) is 78.4 Å². The van der Waals surface area contributed by atoms with Gasteiger partial charge in [-0.3, -0.25) is 24.0 Å². The van der Waals surface area contributed by atoms with Gasteiger partial charge in [-0.25, -0.2) is 13.7 Å². The van der Waals surface area contributed by atoms with Crippen molar-refractivity contribution < 1.29 is 41.1 Å². The molecular formula is C30H29F4N4O6P. The summed E-state index contributed by atoms with van der Waals surface area (Å²) in [5.41, 5.74) is 0.288. The summed E-state index contributed by atoms with van der Waals surface area (Å²) in [6.07, 6.45) is -6.15. The third-order valence-corrected chi connectivity index (χ3v) is 10.8. The Hall–Kier alpha value is -3.84. The van der Waals surface area contributed by atoms with Gasteiger partial charge in [0.1, 0.15) is 11.6 Å². The zero-order valence-corrected chi connectivity index (χ0v) is 24.8. The number of carbonyl (C=O) groups is 1. The Morgan fingerprint density at radius 2 is 1.51 bits per heavy atom. The lowest BCUT2D eigenvalue weighted by Gasteiger charge is -2.32. The molecule has 1 unspecified atom stereocenters. The molecule has 0 N–H and O–H groups in total. The van der Waals surface area contributed by atoms with E-state index < -0.39 is 41.9 Å². The summed E-state index contributed by atoms with van der Waals surface area (Å²) in [6, 6.07) is 14.8. The van der Waals surface area contributed by atoms with Gasteiger partial charge in [0.05, 0.1) is 4.92 Å². The van der Waals surface area contributed by atoms with E-state index in [1.807, 2.05) is 0 Å². The molecule has 3 aliphatic rings. The smallest absolute Gasteiger partial charge is 0.419 e. The molecule has 3 aromatic carbocycles. The lowest BCUT2D eigenvalue weighted by Crippen LogP contribution is -2.37. The Balaban J connectivity index is 1.16. The molecule has 3 aromatic rings. The van der Waals surface area contributed by atoms with Gasteiger partial charge in [0, 0.05) is 50.9 Å². The van der Waals surface area contributed by atoms with Crippen molar-refractivity contribution in [2.45, 2.75) is 31.0 Å². The standard InChI is InChI=1S/C30H29F4N4O6P/c31-24-6-1-20(2-7-24)21-11-13-35(14-12-21)29(39)22-3-8-25(9-4-22)43-27-19-23(5-10-26(27)38(40)41)28(30(32,33)34)44-45(42,36-15-16-36)37-17-18-37/h1-10,19,21,28H,11-18H2. The van der Waals surface area contributed by atoms with E-state index in [4.69, 9.17) is 9.26 Å². The second kappa shape index (κ2) is 12.2. The number of halogens is 4. The van der Waals surface area contributed by atoms with Gasteiger partial charge in [0.25, 0.3) is 5.91 Å². The molecule has 3 aliphatic heterocycles. The predicted molar refractivity (Wildman–Crippen MR) is 155 cm³/mol. The molecule has 45 heavy (non-hydrogen) atoms. The number of rotatable bonds is 10. The summed E-state index contributed by atoms with van der Waals surface area (Å²) >= 11 is 0. The SMILES string of the molecule is O=C(c1ccc(Oc2cc(C(OP(=O)(N3CC3)N3CC3)C(F)(F)F)ccc2[N+](=O)[O-])cc1)N1CCC(c2ccc(F)cc2)CC1. The zero-order chi connectivity index (χ0) is 31.9. The van der Waals surface area contributed by atoms with E-state index in [0.29, 0.717) is 57.7 Å². The summed E-state index contributed by atoms with van der Waals surface area (Å²) in [6.45, 7) is 2.39. The van der Waals surface area contributed by atoms with Gasteiger partial charge in [0.2, 0.25) is 5.75 Å². The highest BCUT2D eigenvalue weighted by atomic mass is 31.2. The Bertz CT molecular complexity index is 1610. The molecule has 0 bridgehead atoms. The van der Waals surface area contributed by atoms with Crippen LogP contribution in [0.5, 0.6) is 11.5 Å². The number of hydrogen-bond donors (Lipinski definition) is 0. The number of hydrogen-bond acceptors (Lipinski definition) is 6. The van der Waals surface area contributed by atoms with Crippen LogP contribution in [0.15, 0.2) is 66.7 Å². The van der Waals surface area contributed by atoms with Crippen molar-refractivity contribution in [3.63, 3.8) is 0 Å². The largest absolute Gasteiger partial charge is 0.450 e. The van der Waals surface area contributed by atoms with Crippen LogP contribution >= 0.6 is 7.67 Å². The van der Waals surface area contributed by atoms with E-state index in [9.17, 15) is 37.0 Å². The Kier molecular flexibility index (Phi) is 8.42. The molecule has 0 saturated carbocycles. The van der Waals surface area contributed by atoms with Crippen molar-refractivity contribution >= 4 is 19.3 Å². The number of likely N-dealkylation sites (tertiary alicyclic amines) is 1. The first-order valence-electron chi connectivity index (χ1n) is 14.4. The second-order valence-electron chi connectivity index (χ2n) is 11.2. The number of nitrogens with zero attached hydrogens (tertiary/aromatic N) is 4. The number of carbonyl (C=O) groups excluding carboxylic acids is 1. The molecule has 0 aliphatic carbocycles. The van der Waals surface area contributed by atoms with E-state index in [1.165, 1.54) is 45.7 Å². The third kappa shape index (κ3) is 6.89. The van der Waals surface area contributed by atoms with Crippen molar-refractivity contribution in [3.8, 4) is 11.5 Å². The first-order chi connectivity index (χ1) is 21.4. The van der Waals surface area contributed by atoms with E-state index >= 15 is 0 Å². The number of piperidine rings is 1. The van der Waals surface area contributed by atoms with Gasteiger partial charge < -0.3 is 9.64 Å². The fourth-order valence-corrected chi connectivity index (χ4v) is 7.74. The van der Waals surface area contributed by atoms with E-state index in [2.05, 4.69) is 0 Å². The molecule has 3 fully saturated rings. The molecule has 3 heterocycles. The van der Waals surface area contributed by atoms with E-state index in [1.54, 1.807) is 17.0 Å². The van der Waals surface area contributed by atoms with Crippen LogP contribution in [0.4, 0.5) is 23.2 Å². The van der Waals surface area contributed by atoms with Crippen molar-refractivity contribution in [3.05, 3.63) is 99.4 Å². The number of benzene rings is 3. The van der Waals surface area contributed by atoms with Crippen LogP contribution in [-0.2, 0) is 9.09 Å². The first-order valence-corrected chi connectivity index (χ1v) is 15.9.